The molecule has 3 atom stereocenters. The Morgan fingerprint density at radius 2 is 1.21 bits per heavy atom. The van der Waals surface area contributed by atoms with Crippen molar-refractivity contribution in [3.05, 3.63) is 108 Å². The molecule has 0 amide bonds. The monoisotopic (exact) mass is 417 g/mol. The summed E-state index contributed by atoms with van der Waals surface area (Å²) in [5.41, 5.74) is 3.61. The fourth-order valence-electron chi connectivity index (χ4n) is 3.86. The lowest BCUT2D eigenvalue weighted by atomic mass is 10.1. The number of nitrogens with zero attached hydrogens (tertiary/aromatic N) is 1. The third-order valence-corrected chi connectivity index (χ3v) is 9.65. The SMILES string of the molecule is C[Si](C)(C)/C=C/[C@H]1[C@@H](c2ccccc2)N1P(=O)(c1ccccc1)c1ccccc1. The van der Waals surface area contributed by atoms with Crippen LogP contribution in [0.25, 0.3) is 0 Å². The molecule has 2 nitrogen and oxygen atoms in total. The molecule has 0 radical (unpaired) electrons. The van der Waals surface area contributed by atoms with Gasteiger partial charge in [-0.2, -0.15) is 0 Å². The first kappa shape index (κ1) is 20.1. The molecule has 0 bridgehead atoms. The molecule has 0 aromatic heterocycles. The number of hydrogen-bond donors (Lipinski definition) is 0. The zero-order valence-electron chi connectivity index (χ0n) is 17.3. The molecule has 3 aromatic rings. The Bertz CT molecular complexity index is 985. The third-order valence-electron chi connectivity index (χ3n) is 5.30. The molecule has 0 saturated carbocycles. The van der Waals surface area contributed by atoms with Crippen molar-refractivity contribution in [3.8, 4) is 0 Å². The van der Waals surface area contributed by atoms with Gasteiger partial charge in [0.25, 0.3) is 0 Å². The van der Waals surface area contributed by atoms with E-state index in [4.69, 9.17) is 0 Å². The molecule has 148 valence electrons. The van der Waals surface area contributed by atoms with Crippen molar-refractivity contribution in [1.29, 1.82) is 0 Å². The molecule has 4 rings (SSSR count). The van der Waals surface area contributed by atoms with Crippen LogP contribution >= 0.6 is 7.29 Å². The topological polar surface area (TPSA) is 20.1 Å². The molecular weight excluding hydrogens is 389 g/mol. The highest BCUT2D eigenvalue weighted by atomic mass is 31.2. The average molecular weight is 418 g/mol. The van der Waals surface area contributed by atoms with Crippen LogP contribution in [0.4, 0.5) is 0 Å². The largest absolute Gasteiger partial charge is 0.296 e. The van der Waals surface area contributed by atoms with Gasteiger partial charge in [-0.15, -0.1) is 0 Å². The van der Waals surface area contributed by atoms with Gasteiger partial charge in [0, 0.05) is 10.6 Å². The van der Waals surface area contributed by atoms with Crippen LogP contribution in [0.15, 0.2) is 103 Å². The summed E-state index contributed by atoms with van der Waals surface area (Å²) in [5, 5.41) is 1.80. The van der Waals surface area contributed by atoms with Gasteiger partial charge in [0.05, 0.1) is 20.2 Å². The molecule has 1 saturated heterocycles. The van der Waals surface area contributed by atoms with Crippen molar-refractivity contribution in [2.45, 2.75) is 31.7 Å². The van der Waals surface area contributed by atoms with Crippen molar-refractivity contribution < 1.29 is 4.57 Å². The Balaban J connectivity index is 1.84. The zero-order chi connectivity index (χ0) is 20.5. The maximum Gasteiger partial charge on any atom is 0.208 e. The van der Waals surface area contributed by atoms with Crippen molar-refractivity contribution in [1.82, 2.24) is 4.67 Å². The highest BCUT2D eigenvalue weighted by Gasteiger charge is 2.57. The minimum atomic E-state index is -2.95. The van der Waals surface area contributed by atoms with E-state index in [9.17, 15) is 4.57 Å². The fourth-order valence-corrected chi connectivity index (χ4v) is 7.76. The van der Waals surface area contributed by atoms with E-state index in [2.05, 4.69) is 60.4 Å². The minimum Gasteiger partial charge on any atom is -0.296 e. The number of hydrogen-bond acceptors (Lipinski definition) is 1. The molecular formula is C25H28NOPSi. The van der Waals surface area contributed by atoms with Crippen LogP contribution in [0.3, 0.4) is 0 Å². The first-order valence-corrected chi connectivity index (χ1v) is 15.4. The van der Waals surface area contributed by atoms with Crippen LogP contribution in [0.5, 0.6) is 0 Å². The maximum atomic E-state index is 14.8. The second-order valence-electron chi connectivity index (χ2n) is 8.70. The van der Waals surface area contributed by atoms with Crippen molar-refractivity contribution in [2.75, 3.05) is 0 Å². The molecule has 3 aromatic carbocycles. The van der Waals surface area contributed by atoms with E-state index >= 15 is 0 Å². The van der Waals surface area contributed by atoms with Gasteiger partial charge < -0.3 is 0 Å². The first-order valence-electron chi connectivity index (χ1n) is 10.2. The summed E-state index contributed by atoms with van der Waals surface area (Å²) in [6, 6.07) is 30.7. The van der Waals surface area contributed by atoms with Gasteiger partial charge in [-0.3, -0.25) is 4.57 Å². The molecule has 1 aliphatic rings. The lowest BCUT2D eigenvalue weighted by molar-refractivity contribution is 0.557. The smallest absolute Gasteiger partial charge is 0.208 e. The quantitative estimate of drug-likeness (QED) is 0.288. The van der Waals surface area contributed by atoms with Crippen molar-refractivity contribution in [3.63, 3.8) is 0 Å². The third kappa shape index (κ3) is 4.09. The molecule has 0 N–H and O–H groups in total. The Morgan fingerprint density at radius 1 is 0.759 bits per heavy atom. The van der Waals surface area contributed by atoms with Gasteiger partial charge in [0.1, 0.15) is 0 Å². The van der Waals surface area contributed by atoms with Crippen LogP contribution in [0.2, 0.25) is 19.6 Å². The summed E-state index contributed by atoms with van der Waals surface area (Å²) < 4.78 is 17.0. The molecule has 29 heavy (non-hydrogen) atoms. The van der Waals surface area contributed by atoms with Crippen LogP contribution in [0.1, 0.15) is 11.6 Å². The molecule has 0 aliphatic carbocycles. The van der Waals surface area contributed by atoms with Crippen LogP contribution in [-0.4, -0.2) is 18.8 Å². The molecule has 1 heterocycles. The Kier molecular flexibility index (Phi) is 5.48. The summed E-state index contributed by atoms with van der Waals surface area (Å²) in [7, 11) is -4.30. The second-order valence-corrected chi connectivity index (χ2v) is 16.4. The van der Waals surface area contributed by atoms with E-state index in [0.717, 1.165) is 10.6 Å². The summed E-state index contributed by atoms with van der Waals surface area (Å²) in [6.07, 6.45) is 2.31. The molecule has 0 spiro atoms. The van der Waals surface area contributed by atoms with Gasteiger partial charge in [-0.1, -0.05) is 98.1 Å². The minimum absolute atomic E-state index is 0.134. The molecule has 1 fully saturated rings. The van der Waals surface area contributed by atoms with Crippen molar-refractivity contribution >= 4 is 26.0 Å². The molecule has 1 unspecified atom stereocenters. The predicted molar refractivity (Wildman–Crippen MR) is 127 cm³/mol. The highest BCUT2D eigenvalue weighted by Crippen LogP contribution is 2.64. The van der Waals surface area contributed by atoms with E-state index in [-0.39, 0.29) is 12.1 Å². The number of benzene rings is 3. The predicted octanol–water partition coefficient (Wildman–Crippen LogP) is 5.77. The first-order chi connectivity index (χ1) is 13.9. The Hall–Kier alpha value is -2.19. The van der Waals surface area contributed by atoms with Gasteiger partial charge >= 0.3 is 0 Å². The highest BCUT2D eigenvalue weighted by molar-refractivity contribution is 7.76. The normalized spacial score (nSPS) is 22.0. The van der Waals surface area contributed by atoms with Gasteiger partial charge in [0.15, 0.2) is 0 Å². The van der Waals surface area contributed by atoms with E-state index in [1.165, 1.54) is 5.56 Å². The number of rotatable bonds is 6. The lowest BCUT2D eigenvalue weighted by Crippen LogP contribution is -2.22. The van der Waals surface area contributed by atoms with E-state index in [1.807, 2.05) is 66.7 Å². The van der Waals surface area contributed by atoms with Crippen molar-refractivity contribution in [2.24, 2.45) is 0 Å². The Morgan fingerprint density at radius 3 is 1.66 bits per heavy atom. The van der Waals surface area contributed by atoms with Gasteiger partial charge in [-0.05, 0) is 29.8 Å². The summed E-state index contributed by atoms with van der Waals surface area (Å²) in [5.74, 6) is 0. The molecule has 1 aliphatic heterocycles. The standard InChI is InChI=1S/C25H28NOPSi/c1-29(2,3)20-19-24-25(21-13-7-4-8-14-21)26(24)28(27,22-15-9-5-10-16-22)23-17-11-6-12-18-23/h4-20,24-25H,1-3H3/b20-19+/t24-,25+,26?/m0/s1. The van der Waals surface area contributed by atoms with Crippen LogP contribution in [0, 0.1) is 0 Å². The van der Waals surface area contributed by atoms with Crippen LogP contribution in [-0.2, 0) is 4.57 Å². The Labute approximate surface area is 175 Å². The molecule has 4 heteroatoms. The zero-order valence-corrected chi connectivity index (χ0v) is 19.2. The summed E-state index contributed by atoms with van der Waals surface area (Å²) in [6.45, 7) is 7.01. The van der Waals surface area contributed by atoms with E-state index < -0.39 is 15.4 Å². The van der Waals surface area contributed by atoms with Gasteiger partial charge in [0.2, 0.25) is 7.29 Å². The summed E-state index contributed by atoms with van der Waals surface area (Å²) >= 11 is 0. The van der Waals surface area contributed by atoms with Crippen LogP contribution < -0.4 is 10.6 Å². The van der Waals surface area contributed by atoms with E-state index in [0.29, 0.717) is 0 Å². The van der Waals surface area contributed by atoms with Gasteiger partial charge in [-0.25, -0.2) is 4.67 Å². The fraction of sp³-hybridized carbons (Fsp3) is 0.200. The maximum absolute atomic E-state index is 14.8. The second kappa shape index (κ2) is 7.91. The lowest BCUT2D eigenvalue weighted by Gasteiger charge is -2.22. The summed E-state index contributed by atoms with van der Waals surface area (Å²) in [4.78, 5) is 0. The average Bonchev–Trinajstić information content (AvgIpc) is 3.48. The van der Waals surface area contributed by atoms with E-state index in [1.54, 1.807) is 0 Å².